The number of aromatic nitrogens is 1. The number of hydrogen-bond donors (Lipinski definition) is 2. The molecular formula is C15H17ClN2O. The monoisotopic (exact) mass is 276 g/mol. The molecule has 0 radical (unpaired) electrons. The number of nitrogens with zero attached hydrogens (tertiary/aromatic N) is 1. The minimum atomic E-state index is -0.552. The molecule has 19 heavy (non-hydrogen) atoms. The quantitative estimate of drug-likeness (QED) is 0.882. The number of hydrogen-bond acceptors (Lipinski definition) is 3. The predicted molar refractivity (Wildman–Crippen MR) is 77.1 cm³/mol. The van der Waals surface area contributed by atoms with Crippen LogP contribution in [0.25, 0.3) is 0 Å². The van der Waals surface area contributed by atoms with Gasteiger partial charge in [-0.15, -0.1) is 0 Å². The van der Waals surface area contributed by atoms with Crippen molar-refractivity contribution in [2.24, 2.45) is 0 Å². The summed E-state index contributed by atoms with van der Waals surface area (Å²) in [4.78, 5) is 4.28. The average molecular weight is 277 g/mol. The van der Waals surface area contributed by atoms with Crippen LogP contribution in [0, 0.1) is 0 Å². The van der Waals surface area contributed by atoms with Gasteiger partial charge in [-0.3, -0.25) is 4.98 Å². The van der Waals surface area contributed by atoms with E-state index in [1.165, 1.54) is 0 Å². The molecule has 0 bridgehead atoms. The third-order valence-electron chi connectivity index (χ3n) is 3.00. The lowest BCUT2D eigenvalue weighted by molar-refractivity contribution is 0.170. The highest BCUT2D eigenvalue weighted by Gasteiger charge is 2.10. The van der Waals surface area contributed by atoms with Crippen molar-refractivity contribution in [2.75, 3.05) is 6.54 Å². The first-order valence-electron chi connectivity index (χ1n) is 6.24. The maximum absolute atomic E-state index is 10.1. The summed E-state index contributed by atoms with van der Waals surface area (Å²) in [6.07, 6.45) is 1.21. The molecule has 0 aliphatic rings. The van der Waals surface area contributed by atoms with E-state index in [9.17, 15) is 5.11 Å². The van der Waals surface area contributed by atoms with Crippen molar-refractivity contribution in [1.82, 2.24) is 10.3 Å². The van der Waals surface area contributed by atoms with Gasteiger partial charge in [0.05, 0.1) is 11.8 Å². The van der Waals surface area contributed by atoms with E-state index in [0.717, 1.165) is 11.3 Å². The minimum Gasteiger partial charge on any atom is -0.387 e. The highest BCUT2D eigenvalue weighted by Crippen LogP contribution is 2.17. The van der Waals surface area contributed by atoms with Crippen molar-refractivity contribution in [3.05, 3.63) is 64.9 Å². The Morgan fingerprint density at radius 2 is 1.95 bits per heavy atom. The summed E-state index contributed by atoms with van der Waals surface area (Å²) in [6.45, 7) is 2.50. The smallest absolute Gasteiger partial charge is 0.0914 e. The number of rotatable bonds is 5. The Kier molecular flexibility index (Phi) is 4.91. The van der Waals surface area contributed by atoms with E-state index in [-0.39, 0.29) is 6.04 Å². The van der Waals surface area contributed by atoms with E-state index in [4.69, 9.17) is 11.6 Å². The van der Waals surface area contributed by atoms with Gasteiger partial charge in [0.15, 0.2) is 0 Å². The first-order chi connectivity index (χ1) is 9.16. The molecule has 0 saturated heterocycles. The molecule has 2 atom stereocenters. The molecule has 0 amide bonds. The van der Waals surface area contributed by atoms with Crippen LogP contribution in [0.3, 0.4) is 0 Å². The molecule has 1 unspecified atom stereocenters. The number of benzene rings is 1. The Morgan fingerprint density at radius 1 is 1.21 bits per heavy atom. The van der Waals surface area contributed by atoms with E-state index < -0.39 is 6.10 Å². The molecule has 0 spiro atoms. The zero-order valence-electron chi connectivity index (χ0n) is 10.8. The van der Waals surface area contributed by atoms with Crippen LogP contribution < -0.4 is 5.32 Å². The lowest BCUT2D eigenvalue weighted by Gasteiger charge is -2.17. The van der Waals surface area contributed by atoms with Gasteiger partial charge in [0.1, 0.15) is 0 Å². The van der Waals surface area contributed by atoms with Crippen LogP contribution >= 0.6 is 11.6 Å². The van der Waals surface area contributed by atoms with Gasteiger partial charge in [0, 0.05) is 23.8 Å². The highest BCUT2D eigenvalue weighted by molar-refractivity contribution is 6.30. The second kappa shape index (κ2) is 6.66. The van der Waals surface area contributed by atoms with Gasteiger partial charge >= 0.3 is 0 Å². The number of pyridine rings is 1. The fourth-order valence-electron chi connectivity index (χ4n) is 1.83. The molecule has 3 nitrogen and oxygen atoms in total. The van der Waals surface area contributed by atoms with E-state index in [0.29, 0.717) is 11.6 Å². The molecule has 0 aliphatic heterocycles. The first-order valence-corrected chi connectivity index (χ1v) is 6.62. The summed E-state index contributed by atoms with van der Waals surface area (Å²) in [5.41, 5.74) is 1.82. The Morgan fingerprint density at radius 3 is 2.58 bits per heavy atom. The van der Waals surface area contributed by atoms with Crippen molar-refractivity contribution in [2.45, 2.75) is 19.1 Å². The van der Waals surface area contributed by atoms with Crippen LogP contribution in [0.15, 0.2) is 48.7 Å². The van der Waals surface area contributed by atoms with Crippen molar-refractivity contribution < 1.29 is 5.11 Å². The van der Waals surface area contributed by atoms with Gasteiger partial charge in [-0.1, -0.05) is 29.8 Å². The molecule has 0 saturated carbocycles. The Labute approximate surface area is 118 Å². The van der Waals surface area contributed by atoms with Crippen molar-refractivity contribution >= 4 is 11.6 Å². The molecule has 2 aromatic rings. The Balaban J connectivity index is 1.90. The van der Waals surface area contributed by atoms with E-state index in [1.54, 1.807) is 18.3 Å². The molecule has 2 N–H and O–H groups in total. The van der Waals surface area contributed by atoms with Crippen molar-refractivity contribution in [1.29, 1.82) is 0 Å². The van der Waals surface area contributed by atoms with E-state index in [2.05, 4.69) is 10.3 Å². The Hall–Kier alpha value is -1.42. The molecule has 1 aromatic carbocycles. The van der Waals surface area contributed by atoms with Crippen LogP contribution in [0.5, 0.6) is 0 Å². The fraction of sp³-hybridized carbons (Fsp3) is 0.267. The summed E-state index contributed by atoms with van der Waals surface area (Å²) in [5.74, 6) is 0. The van der Waals surface area contributed by atoms with Crippen LogP contribution in [-0.2, 0) is 0 Å². The molecule has 100 valence electrons. The number of halogens is 1. The molecule has 0 aliphatic carbocycles. The zero-order valence-corrected chi connectivity index (χ0v) is 11.5. The lowest BCUT2D eigenvalue weighted by Crippen LogP contribution is -2.25. The molecule has 1 heterocycles. The van der Waals surface area contributed by atoms with Crippen molar-refractivity contribution in [3.8, 4) is 0 Å². The lowest BCUT2D eigenvalue weighted by atomic mass is 10.1. The topological polar surface area (TPSA) is 45.1 Å². The summed E-state index contributed by atoms with van der Waals surface area (Å²) < 4.78 is 0. The van der Waals surface area contributed by atoms with Gasteiger partial charge in [0.2, 0.25) is 0 Å². The van der Waals surface area contributed by atoms with Crippen molar-refractivity contribution in [3.63, 3.8) is 0 Å². The second-order valence-corrected chi connectivity index (χ2v) is 4.89. The zero-order chi connectivity index (χ0) is 13.7. The van der Waals surface area contributed by atoms with Gasteiger partial charge in [-0.05, 0) is 36.8 Å². The maximum Gasteiger partial charge on any atom is 0.0914 e. The first kappa shape index (κ1) is 14.0. The normalized spacial score (nSPS) is 14.1. The van der Waals surface area contributed by atoms with Crippen LogP contribution in [0.2, 0.25) is 5.02 Å². The molecule has 1 aromatic heterocycles. The third-order valence-corrected chi connectivity index (χ3v) is 3.26. The molecular weight excluding hydrogens is 260 g/mol. The number of nitrogens with one attached hydrogen (secondary N) is 1. The summed E-state index contributed by atoms with van der Waals surface area (Å²) in [6, 6.07) is 13.1. The van der Waals surface area contributed by atoms with Crippen LogP contribution in [-0.4, -0.2) is 16.6 Å². The molecule has 4 heteroatoms. The molecule has 0 fully saturated rings. The maximum atomic E-state index is 10.1. The van der Waals surface area contributed by atoms with Gasteiger partial charge in [-0.2, -0.15) is 0 Å². The van der Waals surface area contributed by atoms with Gasteiger partial charge < -0.3 is 10.4 Å². The predicted octanol–water partition coefficient (Wildman–Crippen LogP) is 3.12. The summed E-state index contributed by atoms with van der Waals surface area (Å²) >= 11 is 5.82. The van der Waals surface area contributed by atoms with Gasteiger partial charge in [0.25, 0.3) is 0 Å². The van der Waals surface area contributed by atoms with Gasteiger partial charge in [-0.25, -0.2) is 0 Å². The highest BCUT2D eigenvalue weighted by atomic mass is 35.5. The number of aliphatic hydroxyl groups excluding tert-OH is 1. The van der Waals surface area contributed by atoms with E-state index >= 15 is 0 Å². The van der Waals surface area contributed by atoms with E-state index in [1.807, 2.05) is 37.3 Å². The standard InChI is InChI=1S/C15H17ClN2O/c1-11(14-4-2-3-9-17-14)18-10-15(19)12-5-7-13(16)8-6-12/h2-9,11,15,18-19H,10H2,1H3/t11-,15?/m0/s1. The average Bonchev–Trinajstić information content (AvgIpc) is 2.46. The van der Waals surface area contributed by atoms with Crippen LogP contribution in [0.4, 0.5) is 0 Å². The molecule has 2 rings (SSSR count). The second-order valence-electron chi connectivity index (χ2n) is 4.45. The Bertz CT molecular complexity index is 501. The van der Waals surface area contributed by atoms with Crippen LogP contribution in [0.1, 0.15) is 30.3 Å². The largest absolute Gasteiger partial charge is 0.387 e. The third kappa shape index (κ3) is 4.03. The summed E-state index contributed by atoms with van der Waals surface area (Å²) in [5, 5.41) is 14.0. The SMILES string of the molecule is C[C@H](NCC(O)c1ccc(Cl)cc1)c1ccccn1. The summed E-state index contributed by atoms with van der Waals surface area (Å²) in [7, 11) is 0. The fourth-order valence-corrected chi connectivity index (χ4v) is 1.95. The minimum absolute atomic E-state index is 0.100. The number of aliphatic hydroxyl groups is 1.